The number of hydrogen-bond acceptors (Lipinski definition) is 5. The first-order valence-electron chi connectivity index (χ1n) is 8.93. The Bertz CT molecular complexity index is 855. The highest BCUT2D eigenvalue weighted by molar-refractivity contribution is 5.94. The Hall–Kier alpha value is -2.71. The maximum absolute atomic E-state index is 12.8. The highest BCUT2D eigenvalue weighted by Crippen LogP contribution is 2.32. The molecule has 9 heteroatoms. The van der Waals surface area contributed by atoms with Gasteiger partial charge in [0, 0.05) is 37.4 Å². The molecular formula is C17H23N7O2. The third kappa shape index (κ3) is 2.77. The molecule has 2 aromatic rings. The van der Waals surface area contributed by atoms with Crippen molar-refractivity contribution in [3.63, 3.8) is 0 Å². The number of aromatic amines is 2. The lowest BCUT2D eigenvalue weighted by molar-refractivity contribution is 0.0630. The summed E-state index contributed by atoms with van der Waals surface area (Å²) in [7, 11) is 0. The average molecular weight is 357 g/mol. The fraction of sp³-hybridized carbons (Fsp3) is 0.588. The molecule has 26 heavy (non-hydrogen) atoms. The Morgan fingerprint density at radius 1 is 0.962 bits per heavy atom. The predicted molar refractivity (Wildman–Crippen MR) is 92.6 cm³/mol. The van der Waals surface area contributed by atoms with E-state index in [4.69, 9.17) is 0 Å². The first kappa shape index (κ1) is 16.7. The number of amides is 2. The van der Waals surface area contributed by atoms with E-state index < -0.39 is 0 Å². The normalized spacial score (nSPS) is 22.6. The van der Waals surface area contributed by atoms with Gasteiger partial charge in [-0.15, -0.1) is 5.10 Å². The SMILES string of the molecule is Cc1nc(C(=O)N2CC[C@@H]3CN(C(=O)c4n[nH]c(C)c4C)C[C@@H]3C2)n[nH]1. The highest BCUT2D eigenvalue weighted by Gasteiger charge is 2.41. The second-order valence-corrected chi connectivity index (χ2v) is 7.34. The highest BCUT2D eigenvalue weighted by atomic mass is 16.2. The Kier molecular flexibility index (Phi) is 4.01. The topological polar surface area (TPSA) is 111 Å². The smallest absolute Gasteiger partial charge is 0.293 e. The Labute approximate surface area is 151 Å². The van der Waals surface area contributed by atoms with Gasteiger partial charge in [-0.3, -0.25) is 19.8 Å². The lowest BCUT2D eigenvalue weighted by atomic mass is 9.89. The van der Waals surface area contributed by atoms with Crippen LogP contribution in [0.5, 0.6) is 0 Å². The Morgan fingerprint density at radius 2 is 1.69 bits per heavy atom. The monoisotopic (exact) mass is 357 g/mol. The standard InChI is InChI=1S/C17H23N7O2/c1-9-10(2)19-21-14(9)16(25)24-6-12-4-5-23(7-13(12)8-24)17(26)15-18-11(3)20-22-15/h12-13H,4-8H2,1-3H3,(H,19,21)(H,18,20,22)/t12-,13+/m1/s1. The van der Waals surface area contributed by atoms with E-state index in [0.717, 1.165) is 24.2 Å². The minimum atomic E-state index is -0.142. The van der Waals surface area contributed by atoms with Crippen LogP contribution in [-0.4, -0.2) is 73.2 Å². The average Bonchev–Trinajstić information content (AvgIpc) is 3.33. The van der Waals surface area contributed by atoms with Crippen molar-refractivity contribution in [3.05, 3.63) is 28.6 Å². The van der Waals surface area contributed by atoms with E-state index in [1.165, 1.54) is 0 Å². The van der Waals surface area contributed by atoms with Gasteiger partial charge < -0.3 is 9.80 Å². The third-order valence-electron chi connectivity index (χ3n) is 5.62. The lowest BCUT2D eigenvalue weighted by Gasteiger charge is -2.33. The van der Waals surface area contributed by atoms with Crippen LogP contribution in [0.1, 0.15) is 44.6 Å². The minimum Gasteiger partial charge on any atom is -0.337 e. The van der Waals surface area contributed by atoms with Crippen molar-refractivity contribution in [1.29, 1.82) is 0 Å². The van der Waals surface area contributed by atoms with Crippen molar-refractivity contribution in [3.8, 4) is 0 Å². The molecule has 0 spiro atoms. The molecule has 9 nitrogen and oxygen atoms in total. The van der Waals surface area contributed by atoms with Gasteiger partial charge in [0.2, 0.25) is 5.82 Å². The van der Waals surface area contributed by atoms with E-state index >= 15 is 0 Å². The molecule has 2 aliphatic rings. The second kappa shape index (κ2) is 6.22. The molecule has 0 aliphatic carbocycles. The van der Waals surface area contributed by atoms with Gasteiger partial charge in [0.1, 0.15) is 5.82 Å². The molecule has 2 amide bonds. The number of H-pyrrole nitrogens is 2. The van der Waals surface area contributed by atoms with E-state index in [0.29, 0.717) is 37.1 Å². The van der Waals surface area contributed by atoms with Gasteiger partial charge in [-0.1, -0.05) is 0 Å². The molecule has 0 radical (unpaired) electrons. The van der Waals surface area contributed by atoms with E-state index in [9.17, 15) is 9.59 Å². The lowest BCUT2D eigenvalue weighted by Crippen LogP contribution is -2.43. The molecule has 2 aromatic heterocycles. The number of rotatable bonds is 2. The first-order valence-corrected chi connectivity index (χ1v) is 8.93. The predicted octanol–water partition coefficient (Wildman–Crippen LogP) is 0.687. The number of nitrogens with zero attached hydrogens (tertiary/aromatic N) is 5. The molecule has 0 saturated carbocycles. The molecule has 2 fully saturated rings. The van der Waals surface area contributed by atoms with Crippen LogP contribution in [0.2, 0.25) is 0 Å². The summed E-state index contributed by atoms with van der Waals surface area (Å²) in [4.78, 5) is 33.2. The van der Waals surface area contributed by atoms with Gasteiger partial charge in [0.25, 0.3) is 11.8 Å². The number of likely N-dealkylation sites (tertiary alicyclic amines) is 2. The van der Waals surface area contributed by atoms with Crippen molar-refractivity contribution in [2.45, 2.75) is 27.2 Å². The molecule has 4 heterocycles. The first-order chi connectivity index (χ1) is 12.4. The summed E-state index contributed by atoms with van der Waals surface area (Å²) in [6.07, 6.45) is 0.891. The number of piperidine rings is 1. The summed E-state index contributed by atoms with van der Waals surface area (Å²) >= 11 is 0. The minimum absolute atomic E-state index is 0.0243. The van der Waals surface area contributed by atoms with Crippen LogP contribution in [0.4, 0.5) is 0 Å². The zero-order chi connectivity index (χ0) is 18.4. The molecule has 2 N–H and O–H groups in total. The summed E-state index contributed by atoms with van der Waals surface area (Å²) in [5.41, 5.74) is 2.33. The van der Waals surface area contributed by atoms with Crippen LogP contribution < -0.4 is 0 Å². The third-order valence-corrected chi connectivity index (χ3v) is 5.62. The number of nitrogens with one attached hydrogen (secondary N) is 2. The van der Waals surface area contributed by atoms with Crippen molar-refractivity contribution in [2.75, 3.05) is 26.2 Å². The van der Waals surface area contributed by atoms with Crippen LogP contribution >= 0.6 is 0 Å². The van der Waals surface area contributed by atoms with Gasteiger partial charge in [-0.25, -0.2) is 4.98 Å². The van der Waals surface area contributed by atoms with Gasteiger partial charge in [-0.2, -0.15) is 5.10 Å². The van der Waals surface area contributed by atoms with Gasteiger partial charge in [0.05, 0.1) is 0 Å². The summed E-state index contributed by atoms with van der Waals surface area (Å²) in [6.45, 7) is 8.30. The molecule has 4 rings (SSSR count). The quantitative estimate of drug-likeness (QED) is 0.821. The second-order valence-electron chi connectivity index (χ2n) is 7.34. The van der Waals surface area contributed by atoms with Crippen LogP contribution in [0.25, 0.3) is 0 Å². The number of aryl methyl sites for hydroxylation is 2. The number of aromatic nitrogens is 5. The zero-order valence-corrected chi connectivity index (χ0v) is 15.2. The molecule has 0 aromatic carbocycles. The molecule has 0 bridgehead atoms. The van der Waals surface area contributed by atoms with Crippen LogP contribution in [-0.2, 0) is 0 Å². The van der Waals surface area contributed by atoms with Crippen LogP contribution in [0.3, 0.4) is 0 Å². The van der Waals surface area contributed by atoms with Gasteiger partial charge in [0.15, 0.2) is 5.69 Å². The van der Waals surface area contributed by atoms with E-state index in [-0.39, 0.29) is 23.6 Å². The largest absolute Gasteiger partial charge is 0.337 e. The van der Waals surface area contributed by atoms with Crippen molar-refractivity contribution < 1.29 is 9.59 Å². The van der Waals surface area contributed by atoms with Crippen LogP contribution in [0.15, 0.2) is 0 Å². The van der Waals surface area contributed by atoms with Gasteiger partial charge in [-0.05, 0) is 39.0 Å². The number of carbonyl (C=O) groups is 2. The molecular weight excluding hydrogens is 334 g/mol. The van der Waals surface area contributed by atoms with Crippen molar-refractivity contribution in [1.82, 2.24) is 35.2 Å². The molecule has 2 aliphatic heterocycles. The Balaban J connectivity index is 1.44. The zero-order valence-electron chi connectivity index (χ0n) is 15.2. The fourth-order valence-electron chi connectivity index (χ4n) is 3.94. The number of hydrogen-bond donors (Lipinski definition) is 2. The number of carbonyl (C=O) groups excluding carboxylic acids is 2. The summed E-state index contributed by atoms with van der Waals surface area (Å²) in [5, 5.41) is 13.7. The summed E-state index contributed by atoms with van der Waals surface area (Å²) in [6, 6.07) is 0. The molecule has 138 valence electrons. The summed E-state index contributed by atoms with van der Waals surface area (Å²) < 4.78 is 0. The molecule has 0 unspecified atom stereocenters. The van der Waals surface area contributed by atoms with E-state index in [2.05, 4.69) is 25.4 Å². The van der Waals surface area contributed by atoms with Crippen molar-refractivity contribution >= 4 is 11.8 Å². The molecule has 2 atom stereocenters. The maximum atomic E-state index is 12.8. The van der Waals surface area contributed by atoms with Crippen LogP contribution in [0, 0.1) is 32.6 Å². The maximum Gasteiger partial charge on any atom is 0.293 e. The van der Waals surface area contributed by atoms with Crippen molar-refractivity contribution in [2.24, 2.45) is 11.8 Å². The summed E-state index contributed by atoms with van der Waals surface area (Å²) in [5.74, 6) is 1.40. The van der Waals surface area contributed by atoms with Gasteiger partial charge >= 0.3 is 0 Å². The van der Waals surface area contributed by atoms with E-state index in [1.54, 1.807) is 6.92 Å². The Morgan fingerprint density at radius 3 is 2.35 bits per heavy atom. The molecule has 2 saturated heterocycles. The fourth-order valence-corrected chi connectivity index (χ4v) is 3.94. The number of fused-ring (bicyclic) bond motifs is 1. The van der Waals surface area contributed by atoms with E-state index in [1.807, 2.05) is 23.6 Å².